The summed E-state index contributed by atoms with van der Waals surface area (Å²) in [6.45, 7) is 7.05. The second-order valence-electron chi connectivity index (χ2n) is 10.9. The van der Waals surface area contributed by atoms with Gasteiger partial charge in [-0.25, -0.2) is 4.79 Å². The SMILES string of the molecule is CC#CC(CC#N)c1ccc(OCc2ccc3scc(-c4ccc(OCCC(C)(C)OC(=O)C(F)(F)F)cc4C)c3c2)cc1. The van der Waals surface area contributed by atoms with Gasteiger partial charge < -0.3 is 14.2 Å². The molecule has 0 saturated heterocycles. The van der Waals surface area contributed by atoms with E-state index in [9.17, 15) is 18.0 Å². The van der Waals surface area contributed by atoms with Crippen LogP contribution in [-0.2, 0) is 16.1 Å². The summed E-state index contributed by atoms with van der Waals surface area (Å²) >= 11 is 1.65. The molecule has 44 heavy (non-hydrogen) atoms. The summed E-state index contributed by atoms with van der Waals surface area (Å²) in [5.41, 5.74) is 3.79. The Morgan fingerprint density at radius 3 is 2.36 bits per heavy atom. The van der Waals surface area contributed by atoms with E-state index in [0.717, 1.165) is 43.7 Å². The number of ether oxygens (including phenoxy) is 3. The molecule has 0 aliphatic rings. The van der Waals surface area contributed by atoms with Crippen LogP contribution in [0.25, 0.3) is 21.2 Å². The van der Waals surface area contributed by atoms with Crippen molar-refractivity contribution in [3.63, 3.8) is 0 Å². The van der Waals surface area contributed by atoms with E-state index in [1.165, 1.54) is 13.8 Å². The number of fused-ring (bicyclic) bond motifs is 1. The fourth-order valence-corrected chi connectivity index (χ4v) is 5.60. The minimum Gasteiger partial charge on any atom is -0.493 e. The Morgan fingerprint density at radius 1 is 0.977 bits per heavy atom. The van der Waals surface area contributed by atoms with Crippen LogP contribution in [0, 0.1) is 30.1 Å². The summed E-state index contributed by atoms with van der Waals surface area (Å²) in [6.07, 6.45) is -4.61. The number of carbonyl (C=O) groups is 1. The molecule has 4 aromatic rings. The molecule has 3 aromatic carbocycles. The van der Waals surface area contributed by atoms with Gasteiger partial charge in [0.15, 0.2) is 0 Å². The maximum atomic E-state index is 12.5. The maximum Gasteiger partial charge on any atom is 0.490 e. The molecule has 0 bridgehead atoms. The van der Waals surface area contributed by atoms with E-state index >= 15 is 0 Å². The molecule has 0 radical (unpaired) electrons. The Bertz CT molecular complexity index is 1720. The second kappa shape index (κ2) is 13.9. The van der Waals surface area contributed by atoms with Gasteiger partial charge in [-0.15, -0.1) is 17.3 Å². The van der Waals surface area contributed by atoms with Crippen LogP contribution < -0.4 is 9.47 Å². The summed E-state index contributed by atoms with van der Waals surface area (Å²) in [4.78, 5) is 11.2. The summed E-state index contributed by atoms with van der Waals surface area (Å²) in [5, 5.41) is 12.3. The molecule has 4 rings (SSSR count). The number of esters is 1. The number of benzene rings is 3. The Kier molecular flexibility index (Phi) is 10.2. The molecule has 1 aromatic heterocycles. The van der Waals surface area contributed by atoms with Crippen LogP contribution in [0.5, 0.6) is 11.5 Å². The highest BCUT2D eigenvalue weighted by Crippen LogP contribution is 2.37. The Morgan fingerprint density at radius 2 is 1.70 bits per heavy atom. The van der Waals surface area contributed by atoms with Crippen LogP contribution in [0.3, 0.4) is 0 Å². The summed E-state index contributed by atoms with van der Waals surface area (Å²) in [5.74, 6) is 4.94. The van der Waals surface area contributed by atoms with Crippen molar-refractivity contribution in [2.45, 2.75) is 64.8 Å². The van der Waals surface area contributed by atoms with Crippen molar-refractivity contribution in [3.8, 4) is 40.5 Å². The Labute approximate surface area is 259 Å². The minimum atomic E-state index is -5.04. The first-order valence-electron chi connectivity index (χ1n) is 14.0. The average Bonchev–Trinajstić information content (AvgIpc) is 3.38. The molecule has 0 spiro atoms. The fraction of sp³-hybridized carbons (Fsp3) is 0.314. The van der Waals surface area contributed by atoms with Crippen molar-refractivity contribution in [3.05, 3.63) is 82.7 Å². The number of nitrogens with zero attached hydrogens (tertiary/aromatic N) is 1. The molecule has 9 heteroatoms. The monoisotopic (exact) mass is 619 g/mol. The molecule has 0 aliphatic carbocycles. The quantitative estimate of drug-likeness (QED) is 0.124. The van der Waals surface area contributed by atoms with Gasteiger partial charge in [0, 0.05) is 22.1 Å². The minimum absolute atomic E-state index is 0.0810. The summed E-state index contributed by atoms with van der Waals surface area (Å²) in [7, 11) is 0. The molecule has 5 nitrogen and oxygen atoms in total. The number of alkyl halides is 3. The van der Waals surface area contributed by atoms with Gasteiger partial charge in [-0.2, -0.15) is 18.4 Å². The van der Waals surface area contributed by atoms with Gasteiger partial charge in [0.05, 0.1) is 25.0 Å². The lowest BCUT2D eigenvalue weighted by molar-refractivity contribution is -0.212. The zero-order valence-corrected chi connectivity index (χ0v) is 25.7. The average molecular weight is 620 g/mol. The van der Waals surface area contributed by atoms with E-state index in [2.05, 4.69) is 40.2 Å². The molecule has 0 aliphatic heterocycles. The first-order valence-corrected chi connectivity index (χ1v) is 14.8. The molecular weight excluding hydrogens is 587 g/mol. The topological polar surface area (TPSA) is 68.6 Å². The number of carbonyl (C=O) groups excluding carboxylic acids is 1. The van der Waals surface area contributed by atoms with Gasteiger partial charge in [-0.1, -0.05) is 30.2 Å². The molecule has 0 N–H and O–H groups in total. The number of halogens is 3. The molecule has 228 valence electrons. The lowest BCUT2D eigenvalue weighted by Crippen LogP contribution is -2.36. The number of nitriles is 1. The zero-order chi connectivity index (χ0) is 31.9. The standard InChI is InChI=1S/C35H32F3NO4S/c1-5-6-25(15-17-39)26-8-10-27(11-9-26)42-21-24-7-14-32-30(20-24)31(22-44-32)29-13-12-28(19-23(29)2)41-18-16-34(3,4)43-33(40)35(36,37)38/h7-14,19-20,22,25H,15-16,18,21H2,1-4H3. The number of rotatable bonds is 11. The second-order valence-corrected chi connectivity index (χ2v) is 11.8. The van der Waals surface area contributed by atoms with Gasteiger partial charge in [0.2, 0.25) is 0 Å². The van der Waals surface area contributed by atoms with E-state index in [4.69, 9.17) is 14.7 Å². The first kappa shape index (κ1) is 32.4. The van der Waals surface area contributed by atoms with Crippen LogP contribution >= 0.6 is 11.3 Å². The zero-order valence-electron chi connectivity index (χ0n) is 24.9. The normalized spacial score (nSPS) is 12.1. The van der Waals surface area contributed by atoms with Crippen LogP contribution in [0.4, 0.5) is 13.2 Å². The van der Waals surface area contributed by atoms with Gasteiger partial charge in [0.25, 0.3) is 0 Å². The molecular formula is C35H32F3NO4S. The van der Waals surface area contributed by atoms with E-state index in [1.54, 1.807) is 18.3 Å². The van der Waals surface area contributed by atoms with E-state index in [0.29, 0.717) is 18.8 Å². The third-order valence-corrected chi connectivity index (χ3v) is 7.96. The molecule has 0 saturated carbocycles. The third kappa shape index (κ3) is 8.33. The molecule has 0 fully saturated rings. The van der Waals surface area contributed by atoms with Gasteiger partial charge in [-0.3, -0.25) is 0 Å². The number of hydrogen-bond acceptors (Lipinski definition) is 6. The predicted octanol–water partition coefficient (Wildman–Crippen LogP) is 9.13. The molecule has 1 atom stereocenters. The number of aryl methyl sites for hydroxylation is 1. The van der Waals surface area contributed by atoms with E-state index in [1.807, 2.05) is 55.5 Å². The lowest BCUT2D eigenvalue weighted by atomic mass is 9.97. The smallest absolute Gasteiger partial charge is 0.490 e. The highest BCUT2D eigenvalue weighted by molar-refractivity contribution is 7.17. The first-order chi connectivity index (χ1) is 20.9. The molecule has 1 unspecified atom stereocenters. The van der Waals surface area contributed by atoms with Crippen molar-refractivity contribution in [2.24, 2.45) is 0 Å². The van der Waals surface area contributed by atoms with Crippen LogP contribution in [-0.4, -0.2) is 24.4 Å². The Hall–Kier alpha value is -4.47. The molecule has 1 heterocycles. The highest BCUT2D eigenvalue weighted by Gasteiger charge is 2.43. The van der Waals surface area contributed by atoms with Gasteiger partial charge in [0.1, 0.15) is 23.7 Å². The van der Waals surface area contributed by atoms with Crippen LogP contribution in [0.1, 0.15) is 56.2 Å². The van der Waals surface area contributed by atoms with Crippen molar-refractivity contribution >= 4 is 27.4 Å². The largest absolute Gasteiger partial charge is 0.493 e. The fourth-order valence-electron chi connectivity index (χ4n) is 4.66. The Balaban J connectivity index is 1.41. The van der Waals surface area contributed by atoms with E-state index in [-0.39, 0.29) is 18.9 Å². The number of thiophene rings is 1. The van der Waals surface area contributed by atoms with Crippen LogP contribution in [0.2, 0.25) is 0 Å². The summed E-state index contributed by atoms with van der Waals surface area (Å²) in [6, 6.07) is 21.8. The predicted molar refractivity (Wildman–Crippen MR) is 166 cm³/mol. The number of hydrogen-bond donors (Lipinski definition) is 0. The van der Waals surface area contributed by atoms with Gasteiger partial charge >= 0.3 is 12.1 Å². The van der Waals surface area contributed by atoms with Crippen molar-refractivity contribution in [1.29, 1.82) is 5.26 Å². The molecule has 0 amide bonds. The summed E-state index contributed by atoms with van der Waals surface area (Å²) < 4.78 is 55.2. The van der Waals surface area contributed by atoms with Crippen molar-refractivity contribution < 1.29 is 32.2 Å². The lowest BCUT2D eigenvalue weighted by Gasteiger charge is -2.25. The van der Waals surface area contributed by atoms with E-state index < -0.39 is 17.7 Å². The van der Waals surface area contributed by atoms with Crippen LogP contribution in [0.15, 0.2) is 66.0 Å². The highest BCUT2D eigenvalue weighted by atomic mass is 32.1. The van der Waals surface area contributed by atoms with Crippen molar-refractivity contribution in [1.82, 2.24) is 0 Å². The van der Waals surface area contributed by atoms with Crippen molar-refractivity contribution in [2.75, 3.05) is 6.61 Å². The van der Waals surface area contributed by atoms with Gasteiger partial charge in [-0.05, 0) is 91.7 Å². The third-order valence-electron chi connectivity index (χ3n) is 7.00. The maximum absolute atomic E-state index is 12.5.